The van der Waals surface area contributed by atoms with Gasteiger partial charge in [-0.25, -0.2) is 0 Å². The minimum absolute atomic E-state index is 0.697. The summed E-state index contributed by atoms with van der Waals surface area (Å²) in [5.74, 6) is 0.834. The number of allylic oxidation sites excluding steroid dienone is 1. The number of rotatable bonds is 16. The molecule has 0 aliphatic heterocycles. The first-order chi connectivity index (χ1) is 14.8. The van der Waals surface area contributed by atoms with Crippen molar-refractivity contribution < 1.29 is 9.47 Å². The Labute approximate surface area is 183 Å². The first-order valence-corrected chi connectivity index (χ1v) is 11.7. The Balaban J connectivity index is 1.68. The SMILES string of the molecule is CCCCC=CCCOc1ccc(-c2ccc(CCCCCOCCC)cc2)nc1. The maximum atomic E-state index is 5.79. The molecule has 0 spiro atoms. The van der Waals surface area contributed by atoms with Crippen LogP contribution in [0, 0.1) is 0 Å². The molecule has 0 radical (unpaired) electrons. The lowest BCUT2D eigenvalue weighted by molar-refractivity contribution is 0.130. The number of aryl methyl sites for hydroxylation is 1. The summed E-state index contributed by atoms with van der Waals surface area (Å²) in [6, 6.07) is 12.8. The van der Waals surface area contributed by atoms with Gasteiger partial charge in [0.2, 0.25) is 0 Å². The van der Waals surface area contributed by atoms with Gasteiger partial charge in [-0.05, 0) is 56.2 Å². The molecule has 0 atom stereocenters. The highest BCUT2D eigenvalue weighted by Gasteiger charge is 2.02. The Morgan fingerprint density at radius 1 is 0.767 bits per heavy atom. The summed E-state index contributed by atoms with van der Waals surface area (Å²) in [5, 5.41) is 0. The first-order valence-electron chi connectivity index (χ1n) is 11.7. The average molecular weight is 410 g/mol. The minimum atomic E-state index is 0.697. The fourth-order valence-electron chi connectivity index (χ4n) is 3.24. The van der Waals surface area contributed by atoms with Crippen molar-refractivity contribution in [1.82, 2.24) is 4.98 Å². The van der Waals surface area contributed by atoms with Crippen LogP contribution in [0.3, 0.4) is 0 Å². The normalized spacial score (nSPS) is 11.3. The van der Waals surface area contributed by atoms with Crippen molar-refractivity contribution in [2.45, 2.75) is 71.6 Å². The van der Waals surface area contributed by atoms with E-state index in [9.17, 15) is 0 Å². The summed E-state index contributed by atoms with van der Waals surface area (Å²) < 4.78 is 11.3. The quantitative estimate of drug-likeness (QED) is 0.214. The van der Waals surface area contributed by atoms with Gasteiger partial charge in [-0.1, -0.05) is 69.5 Å². The summed E-state index contributed by atoms with van der Waals surface area (Å²) in [5.41, 5.74) is 3.53. The van der Waals surface area contributed by atoms with Gasteiger partial charge in [0.15, 0.2) is 0 Å². The van der Waals surface area contributed by atoms with Gasteiger partial charge < -0.3 is 9.47 Å². The van der Waals surface area contributed by atoms with E-state index in [4.69, 9.17) is 9.47 Å². The third kappa shape index (κ3) is 10.1. The second-order valence-corrected chi connectivity index (χ2v) is 7.75. The molecule has 0 aliphatic carbocycles. The van der Waals surface area contributed by atoms with E-state index in [1.807, 2.05) is 18.3 Å². The standard InChI is InChI=1S/C27H39NO2/c1-3-5-6-7-8-12-22-30-26-18-19-27(28-23-26)25-16-14-24(15-17-25)13-10-9-11-21-29-20-4-2/h7-8,14-19,23H,3-6,9-13,20-22H2,1-2H3. The predicted octanol–water partition coefficient (Wildman–Crippen LogP) is 7.40. The molecular formula is C27H39NO2. The van der Waals surface area contributed by atoms with E-state index >= 15 is 0 Å². The number of unbranched alkanes of at least 4 members (excludes halogenated alkanes) is 4. The van der Waals surface area contributed by atoms with E-state index in [1.54, 1.807) is 0 Å². The van der Waals surface area contributed by atoms with Crippen molar-refractivity contribution >= 4 is 0 Å². The van der Waals surface area contributed by atoms with Crippen LogP contribution in [0.4, 0.5) is 0 Å². The van der Waals surface area contributed by atoms with Crippen LogP contribution in [-0.4, -0.2) is 24.8 Å². The second kappa shape index (κ2) is 15.7. The third-order valence-electron chi connectivity index (χ3n) is 5.03. The van der Waals surface area contributed by atoms with Gasteiger partial charge in [0.05, 0.1) is 18.5 Å². The fraction of sp³-hybridized carbons (Fsp3) is 0.519. The van der Waals surface area contributed by atoms with Crippen LogP contribution in [0.1, 0.15) is 70.8 Å². The zero-order chi connectivity index (χ0) is 21.3. The number of hydrogen-bond acceptors (Lipinski definition) is 3. The molecule has 0 unspecified atom stereocenters. The largest absolute Gasteiger partial charge is 0.492 e. The summed E-state index contributed by atoms with van der Waals surface area (Å²) in [6.07, 6.45) is 16.7. The summed E-state index contributed by atoms with van der Waals surface area (Å²) >= 11 is 0. The highest BCUT2D eigenvalue weighted by molar-refractivity contribution is 5.59. The number of nitrogens with zero attached hydrogens (tertiary/aromatic N) is 1. The van der Waals surface area contributed by atoms with Crippen LogP contribution in [0.25, 0.3) is 11.3 Å². The monoisotopic (exact) mass is 409 g/mol. The predicted molar refractivity (Wildman–Crippen MR) is 127 cm³/mol. The third-order valence-corrected chi connectivity index (χ3v) is 5.03. The van der Waals surface area contributed by atoms with Gasteiger partial charge in [0, 0.05) is 18.8 Å². The molecule has 0 bridgehead atoms. The second-order valence-electron chi connectivity index (χ2n) is 7.75. The van der Waals surface area contributed by atoms with E-state index < -0.39 is 0 Å². The topological polar surface area (TPSA) is 31.4 Å². The van der Waals surface area contributed by atoms with Gasteiger partial charge >= 0.3 is 0 Å². The van der Waals surface area contributed by atoms with Crippen LogP contribution in [-0.2, 0) is 11.2 Å². The molecule has 3 heteroatoms. The van der Waals surface area contributed by atoms with E-state index in [1.165, 1.54) is 37.7 Å². The van der Waals surface area contributed by atoms with Crippen LogP contribution in [0.2, 0.25) is 0 Å². The Morgan fingerprint density at radius 3 is 2.33 bits per heavy atom. The molecule has 0 N–H and O–H groups in total. The van der Waals surface area contributed by atoms with E-state index in [2.05, 4.69) is 55.2 Å². The van der Waals surface area contributed by atoms with Crippen molar-refractivity contribution in [3.05, 3.63) is 60.3 Å². The molecule has 0 saturated carbocycles. The van der Waals surface area contributed by atoms with Crippen molar-refractivity contribution in [3.8, 4) is 17.0 Å². The Morgan fingerprint density at radius 2 is 1.60 bits per heavy atom. The summed E-state index contributed by atoms with van der Waals surface area (Å²) in [4.78, 5) is 4.57. The maximum Gasteiger partial charge on any atom is 0.137 e. The van der Waals surface area contributed by atoms with E-state index in [0.29, 0.717) is 6.61 Å². The molecule has 1 aromatic heterocycles. The Kier molecular flexibility index (Phi) is 12.6. The molecule has 0 saturated heterocycles. The molecule has 1 heterocycles. The van der Waals surface area contributed by atoms with Crippen LogP contribution in [0.15, 0.2) is 54.7 Å². The highest BCUT2D eigenvalue weighted by Crippen LogP contribution is 2.21. The lowest BCUT2D eigenvalue weighted by Crippen LogP contribution is -1.96. The summed E-state index contributed by atoms with van der Waals surface area (Å²) in [6.45, 7) is 6.85. The molecule has 0 amide bonds. The van der Waals surface area contributed by atoms with E-state index in [-0.39, 0.29) is 0 Å². The Hall–Kier alpha value is -2.13. The van der Waals surface area contributed by atoms with Gasteiger partial charge in [-0.2, -0.15) is 0 Å². The Bertz CT molecular complexity index is 692. The fourth-order valence-corrected chi connectivity index (χ4v) is 3.24. The van der Waals surface area contributed by atoms with Gasteiger partial charge in [-0.15, -0.1) is 0 Å². The molecule has 2 rings (SSSR count). The molecule has 30 heavy (non-hydrogen) atoms. The lowest BCUT2D eigenvalue weighted by atomic mass is 10.0. The van der Waals surface area contributed by atoms with Crippen molar-refractivity contribution in [2.24, 2.45) is 0 Å². The van der Waals surface area contributed by atoms with Crippen molar-refractivity contribution in [2.75, 3.05) is 19.8 Å². The van der Waals surface area contributed by atoms with Crippen molar-refractivity contribution in [3.63, 3.8) is 0 Å². The van der Waals surface area contributed by atoms with Gasteiger partial charge in [-0.3, -0.25) is 4.98 Å². The number of hydrogen-bond donors (Lipinski definition) is 0. The van der Waals surface area contributed by atoms with E-state index in [0.717, 1.165) is 55.9 Å². The molecule has 2 aromatic rings. The smallest absolute Gasteiger partial charge is 0.137 e. The minimum Gasteiger partial charge on any atom is -0.492 e. The molecule has 0 fully saturated rings. The van der Waals surface area contributed by atoms with Crippen LogP contribution in [0.5, 0.6) is 5.75 Å². The first kappa shape index (κ1) is 24.1. The molecule has 164 valence electrons. The average Bonchev–Trinajstić information content (AvgIpc) is 2.79. The zero-order valence-corrected chi connectivity index (χ0v) is 18.9. The van der Waals surface area contributed by atoms with Gasteiger partial charge in [0.1, 0.15) is 5.75 Å². The lowest BCUT2D eigenvalue weighted by Gasteiger charge is -2.07. The highest BCUT2D eigenvalue weighted by atomic mass is 16.5. The van der Waals surface area contributed by atoms with Crippen LogP contribution >= 0.6 is 0 Å². The van der Waals surface area contributed by atoms with Crippen LogP contribution < -0.4 is 4.74 Å². The van der Waals surface area contributed by atoms with Crippen molar-refractivity contribution in [1.29, 1.82) is 0 Å². The number of benzene rings is 1. The maximum absolute atomic E-state index is 5.79. The zero-order valence-electron chi connectivity index (χ0n) is 18.9. The number of aromatic nitrogens is 1. The molecular weight excluding hydrogens is 370 g/mol. The summed E-state index contributed by atoms with van der Waals surface area (Å²) in [7, 11) is 0. The van der Waals surface area contributed by atoms with Gasteiger partial charge in [0.25, 0.3) is 0 Å². The molecule has 1 aromatic carbocycles. The number of pyridine rings is 1. The molecule has 0 aliphatic rings. The number of ether oxygens (including phenoxy) is 2. The molecule has 3 nitrogen and oxygen atoms in total.